The number of thiol groups is 1. The molecule has 0 unspecified atom stereocenters. The SMILES string of the molecule is CCCCCCCCCCCCCCCCCCN(S)CCCCCCCCCCCCCCCCCC. The van der Waals surface area contributed by atoms with Crippen LogP contribution in [0.2, 0.25) is 0 Å². The van der Waals surface area contributed by atoms with E-state index in [-0.39, 0.29) is 0 Å². The Hall–Kier alpha value is 0.310. The summed E-state index contributed by atoms with van der Waals surface area (Å²) in [5.41, 5.74) is 0. The fraction of sp³-hybridized carbons (Fsp3) is 1.00. The van der Waals surface area contributed by atoms with Crippen molar-refractivity contribution in [3.63, 3.8) is 0 Å². The summed E-state index contributed by atoms with van der Waals surface area (Å²) in [4.78, 5) is 0. The van der Waals surface area contributed by atoms with E-state index in [1.807, 2.05) is 0 Å². The summed E-state index contributed by atoms with van der Waals surface area (Å²) in [6.07, 6.45) is 46.2. The first-order valence-electron chi connectivity index (χ1n) is 18.2. The van der Waals surface area contributed by atoms with Crippen LogP contribution in [0.25, 0.3) is 0 Å². The molecule has 2 heteroatoms. The van der Waals surface area contributed by atoms with E-state index >= 15 is 0 Å². The summed E-state index contributed by atoms with van der Waals surface area (Å²) in [5.74, 6) is 0. The Balaban J connectivity index is 3.13. The Labute approximate surface area is 249 Å². The molecule has 0 fully saturated rings. The highest BCUT2D eigenvalue weighted by Crippen LogP contribution is 2.16. The van der Waals surface area contributed by atoms with Crippen LogP contribution in [0.4, 0.5) is 0 Å². The third-order valence-corrected chi connectivity index (χ3v) is 8.94. The molecule has 0 saturated heterocycles. The fourth-order valence-electron chi connectivity index (χ4n) is 5.80. The number of rotatable bonds is 34. The third kappa shape index (κ3) is 34.3. The lowest BCUT2D eigenvalue weighted by Crippen LogP contribution is -2.15. The van der Waals surface area contributed by atoms with Gasteiger partial charge in [-0.05, 0) is 12.8 Å². The molecule has 0 aliphatic carbocycles. The normalized spacial score (nSPS) is 11.7. The zero-order chi connectivity index (χ0) is 27.6. The molecule has 0 rings (SSSR count). The molecule has 0 amide bonds. The Morgan fingerprint density at radius 2 is 0.421 bits per heavy atom. The van der Waals surface area contributed by atoms with Crippen LogP contribution in [0.1, 0.15) is 219 Å². The van der Waals surface area contributed by atoms with Gasteiger partial charge in [-0.15, -0.1) is 0 Å². The van der Waals surface area contributed by atoms with Crippen molar-refractivity contribution >= 4 is 12.8 Å². The average molecular weight is 554 g/mol. The second-order valence-electron chi connectivity index (χ2n) is 12.6. The maximum atomic E-state index is 4.72. The molecule has 38 heavy (non-hydrogen) atoms. The summed E-state index contributed by atoms with van der Waals surface area (Å²) in [7, 11) is 0. The average Bonchev–Trinajstić information content (AvgIpc) is 2.92. The maximum Gasteiger partial charge on any atom is 0.00869 e. The zero-order valence-corrected chi connectivity index (χ0v) is 27.8. The molecule has 0 aliphatic heterocycles. The van der Waals surface area contributed by atoms with Crippen molar-refractivity contribution < 1.29 is 0 Å². The Kier molecular flexibility index (Phi) is 35.6. The molecule has 0 bridgehead atoms. The van der Waals surface area contributed by atoms with Crippen LogP contribution >= 0.6 is 12.8 Å². The van der Waals surface area contributed by atoms with Crippen molar-refractivity contribution in [3.05, 3.63) is 0 Å². The standard InChI is InChI=1S/C36H75NS/c1-3-5-7-9-11-13-15-17-19-21-23-25-27-29-31-33-35-37(38)36-34-32-30-28-26-24-22-20-18-16-14-12-10-8-6-4-2/h38H,3-36H2,1-2H3. The number of hydrogen-bond acceptors (Lipinski definition) is 2. The van der Waals surface area contributed by atoms with Crippen LogP contribution in [-0.2, 0) is 0 Å². The molecule has 0 aliphatic rings. The number of unbranched alkanes of at least 4 members (excludes halogenated alkanes) is 30. The summed E-state index contributed by atoms with van der Waals surface area (Å²) in [5, 5.41) is 0. The van der Waals surface area contributed by atoms with Gasteiger partial charge in [0.2, 0.25) is 0 Å². The van der Waals surface area contributed by atoms with E-state index in [4.69, 9.17) is 12.8 Å². The monoisotopic (exact) mass is 554 g/mol. The van der Waals surface area contributed by atoms with Gasteiger partial charge in [-0.25, -0.2) is 0 Å². The highest BCUT2D eigenvalue weighted by atomic mass is 32.1. The third-order valence-electron chi connectivity index (χ3n) is 8.54. The second-order valence-corrected chi connectivity index (χ2v) is 13.1. The molecular weight excluding hydrogens is 478 g/mol. The smallest absolute Gasteiger partial charge is 0.00869 e. The van der Waals surface area contributed by atoms with E-state index in [0.717, 1.165) is 0 Å². The molecule has 0 radical (unpaired) electrons. The number of nitrogens with zero attached hydrogens (tertiary/aromatic N) is 1. The molecule has 230 valence electrons. The second kappa shape index (κ2) is 35.3. The molecule has 0 aromatic carbocycles. The van der Waals surface area contributed by atoms with Crippen LogP contribution in [0.3, 0.4) is 0 Å². The maximum absolute atomic E-state index is 4.72. The van der Waals surface area contributed by atoms with Gasteiger partial charge in [-0.2, -0.15) is 0 Å². The van der Waals surface area contributed by atoms with E-state index in [1.165, 1.54) is 219 Å². The predicted octanol–water partition coefficient (Wildman–Crippen LogP) is 13.7. The van der Waals surface area contributed by atoms with E-state index in [2.05, 4.69) is 18.2 Å². The van der Waals surface area contributed by atoms with Gasteiger partial charge in [0.1, 0.15) is 0 Å². The van der Waals surface area contributed by atoms with E-state index < -0.39 is 0 Å². The highest BCUT2D eigenvalue weighted by molar-refractivity contribution is 7.77. The van der Waals surface area contributed by atoms with E-state index in [1.54, 1.807) is 0 Å². The Morgan fingerprint density at radius 1 is 0.263 bits per heavy atom. The predicted molar refractivity (Wildman–Crippen MR) is 180 cm³/mol. The quantitative estimate of drug-likeness (QED) is 0.0612. The zero-order valence-electron chi connectivity index (χ0n) is 26.9. The van der Waals surface area contributed by atoms with Crippen LogP contribution in [0.15, 0.2) is 0 Å². The van der Waals surface area contributed by atoms with Crippen molar-refractivity contribution in [1.29, 1.82) is 0 Å². The summed E-state index contributed by atoms with van der Waals surface area (Å²) in [6.45, 7) is 6.97. The van der Waals surface area contributed by atoms with Gasteiger partial charge < -0.3 is 0 Å². The van der Waals surface area contributed by atoms with Gasteiger partial charge in [0.15, 0.2) is 0 Å². The van der Waals surface area contributed by atoms with Crippen LogP contribution in [0.5, 0.6) is 0 Å². The Morgan fingerprint density at radius 3 is 0.605 bits per heavy atom. The van der Waals surface area contributed by atoms with Crippen molar-refractivity contribution in [2.45, 2.75) is 219 Å². The van der Waals surface area contributed by atoms with E-state index in [9.17, 15) is 0 Å². The molecule has 1 nitrogen and oxygen atoms in total. The molecule has 0 spiro atoms. The van der Waals surface area contributed by atoms with Gasteiger partial charge in [-0.3, -0.25) is 4.31 Å². The Bertz CT molecular complexity index is 363. The molecule has 0 atom stereocenters. The first-order valence-corrected chi connectivity index (χ1v) is 18.6. The van der Waals surface area contributed by atoms with Crippen LogP contribution < -0.4 is 0 Å². The molecule has 0 aromatic heterocycles. The van der Waals surface area contributed by atoms with Crippen molar-refractivity contribution in [1.82, 2.24) is 4.31 Å². The molecule has 0 aromatic rings. The van der Waals surface area contributed by atoms with Crippen molar-refractivity contribution in [2.75, 3.05) is 13.1 Å². The summed E-state index contributed by atoms with van der Waals surface area (Å²) in [6, 6.07) is 0. The van der Waals surface area contributed by atoms with Gasteiger partial charge in [-0.1, -0.05) is 219 Å². The van der Waals surface area contributed by atoms with E-state index in [0.29, 0.717) is 0 Å². The van der Waals surface area contributed by atoms with Crippen LogP contribution in [0, 0.1) is 0 Å². The van der Waals surface area contributed by atoms with Crippen molar-refractivity contribution in [3.8, 4) is 0 Å². The first kappa shape index (κ1) is 38.3. The lowest BCUT2D eigenvalue weighted by Gasteiger charge is -2.14. The summed E-state index contributed by atoms with van der Waals surface area (Å²) >= 11 is 4.72. The van der Waals surface area contributed by atoms with Gasteiger partial charge in [0.25, 0.3) is 0 Å². The molecule has 0 N–H and O–H groups in total. The number of hydrogen-bond donors (Lipinski definition) is 1. The fourth-order valence-corrected chi connectivity index (χ4v) is 6.08. The van der Waals surface area contributed by atoms with Gasteiger partial charge in [0.05, 0.1) is 0 Å². The van der Waals surface area contributed by atoms with Gasteiger partial charge in [0, 0.05) is 13.1 Å². The largest absolute Gasteiger partial charge is 0.253 e. The molecule has 0 saturated carbocycles. The van der Waals surface area contributed by atoms with Crippen LogP contribution in [-0.4, -0.2) is 17.4 Å². The first-order chi connectivity index (χ1) is 18.8. The minimum Gasteiger partial charge on any atom is -0.253 e. The highest BCUT2D eigenvalue weighted by Gasteiger charge is 2.00. The molecule has 0 heterocycles. The lowest BCUT2D eigenvalue weighted by molar-refractivity contribution is 0.426. The topological polar surface area (TPSA) is 3.24 Å². The van der Waals surface area contributed by atoms with Crippen molar-refractivity contribution in [2.24, 2.45) is 0 Å². The summed E-state index contributed by atoms with van der Waals surface area (Å²) < 4.78 is 2.29. The molecular formula is C36H75NS. The minimum absolute atomic E-state index is 1.18. The lowest BCUT2D eigenvalue weighted by atomic mass is 10.0. The minimum atomic E-state index is 1.18. The van der Waals surface area contributed by atoms with Gasteiger partial charge >= 0.3 is 0 Å².